The molecule has 0 aromatic heterocycles. The number of nitrogens with zero attached hydrogens (tertiary/aromatic N) is 1. The highest BCUT2D eigenvalue weighted by Gasteiger charge is 2.40. The molecule has 0 radical (unpaired) electrons. The maximum absolute atomic E-state index is 13.1. The third-order valence-electron chi connectivity index (χ3n) is 2.71. The summed E-state index contributed by atoms with van der Waals surface area (Å²) in [5.74, 6) is -0.492. The quantitative estimate of drug-likeness (QED) is 0.815. The number of amides is 1. The first-order chi connectivity index (χ1) is 7.90. The monoisotopic (exact) mass is 257 g/mol. The van der Waals surface area contributed by atoms with Crippen LogP contribution in [0.5, 0.6) is 0 Å². The van der Waals surface area contributed by atoms with Gasteiger partial charge in [0.05, 0.1) is 18.6 Å². The molecule has 5 heteroatoms. The second kappa shape index (κ2) is 4.27. The fourth-order valence-corrected chi connectivity index (χ4v) is 1.81. The second-order valence-electron chi connectivity index (χ2n) is 4.73. The van der Waals surface area contributed by atoms with Crippen molar-refractivity contribution < 1.29 is 14.0 Å². The Labute approximate surface area is 104 Å². The number of hydrogen-bond acceptors (Lipinski definition) is 2. The molecule has 0 saturated carbocycles. The van der Waals surface area contributed by atoms with Gasteiger partial charge < -0.3 is 0 Å². The third-order valence-corrected chi connectivity index (χ3v) is 3.08. The van der Waals surface area contributed by atoms with E-state index >= 15 is 0 Å². The van der Waals surface area contributed by atoms with Crippen molar-refractivity contribution in [2.24, 2.45) is 5.41 Å². The lowest BCUT2D eigenvalue weighted by Gasteiger charge is -2.17. The van der Waals surface area contributed by atoms with Crippen LogP contribution in [0, 0.1) is 11.2 Å². The molecule has 0 spiro atoms. The van der Waals surface area contributed by atoms with E-state index < -0.39 is 5.41 Å². The van der Waals surface area contributed by atoms with E-state index in [4.69, 9.17) is 16.4 Å². The summed E-state index contributed by atoms with van der Waals surface area (Å²) in [6.07, 6.45) is 0. The number of rotatable bonds is 2. The Kier molecular flexibility index (Phi) is 3.10. The predicted molar refractivity (Wildman–Crippen MR) is 61.7 cm³/mol. The number of carbonyl (C=O) groups excluding carboxylic acids is 1. The predicted octanol–water partition coefficient (Wildman–Crippen LogP) is 2.78. The number of hydroxylamine groups is 2. The summed E-state index contributed by atoms with van der Waals surface area (Å²) in [5, 5.41) is 1.66. The molecule has 0 atom stereocenters. The fraction of sp³-hybridized carbons (Fsp3) is 0.417. The number of carbonyl (C=O) groups is 1. The zero-order valence-corrected chi connectivity index (χ0v) is 10.4. The van der Waals surface area contributed by atoms with Gasteiger partial charge in [-0.05, 0) is 37.6 Å². The normalized spacial score (nSPS) is 18.8. The van der Waals surface area contributed by atoms with Gasteiger partial charge in [-0.15, -0.1) is 0 Å². The van der Waals surface area contributed by atoms with E-state index in [9.17, 15) is 9.18 Å². The molecular weight excluding hydrogens is 245 g/mol. The molecule has 92 valence electrons. The van der Waals surface area contributed by atoms with E-state index in [1.807, 2.05) is 13.8 Å². The van der Waals surface area contributed by atoms with Crippen molar-refractivity contribution in [1.29, 1.82) is 0 Å². The summed E-state index contributed by atoms with van der Waals surface area (Å²) in [5.41, 5.74) is 0.0116. The van der Waals surface area contributed by atoms with E-state index in [1.54, 1.807) is 0 Å². The topological polar surface area (TPSA) is 29.5 Å². The van der Waals surface area contributed by atoms with Crippen LogP contribution in [-0.4, -0.2) is 17.6 Å². The molecule has 3 nitrogen and oxygen atoms in total. The van der Waals surface area contributed by atoms with Gasteiger partial charge in [0, 0.05) is 5.02 Å². The molecule has 1 aliphatic rings. The minimum absolute atomic E-state index is 0.113. The third kappa shape index (κ3) is 2.42. The summed E-state index contributed by atoms with van der Waals surface area (Å²) >= 11 is 5.93. The average Bonchev–Trinajstić information content (AvgIpc) is 2.51. The second-order valence-corrected chi connectivity index (χ2v) is 5.14. The highest BCUT2D eigenvalue weighted by Crippen LogP contribution is 2.29. The van der Waals surface area contributed by atoms with Crippen molar-refractivity contribution in [2.75, 3.05) is 6.61 Å². The van der Waals surface area contributed by atoms with Crippen molar-refractivity contribution in [3.8, 4) is 0 Å². The summed E-state index contributed by atoms with van der Waals surface area (Å²) in [6.45, 7) is 4.11. The molecule has 0 N–H and O–H groups in total. The van der Waals surface area contributed by atoms with Gasteiger partial charge in [-0.1, -0.05) is 11.6 Å². The van der Waals surface area contributed by atoms with Crippen LogP contribution in [-0.2, 0) is 16.2 Å². The van der Waals surface area contributed by atoms with Crippen molar-refractivity contribution >= 4 is 17.5 Å². The van der Waals surface area contributed by atoms with E-state index in [-0.39, 0.29) is 18.3 Å². The number of benzene rings is 1. The van der Waals surface area contributed by atoms with E-state index in [1.165, 1.54) is 23.3 Å². The van der Waals surface area contributed by atoms with Gasteiger partial charge in [0.2, 0.25) is 0 Å². The molecule has 0 bridgehead atoms. The van der Waals surface area contributed by atoms with Crippen LogP contribution in [0.15, 0.2) is 18.2 Å². The molecule has 1 aromatic rings. The lowest BCUT2D eigenvalue weighted by molar-refractivity contribution is -0.165. The Bertz CT molecular complexity index is 462. The first kappa shape index (κ1) is 12.3. The number of hydrogen-bond donors (Lipinski definition) is 0. The molecule has 1 saturated heterocycles. The smallest absolute Gasteiger partial charge is 0.254 e. The minimum Gasteiger partial charge on any atom is -0.272 e. The molecule has 17 heavy (non-hydrogen) atoms. The van der Waals surface area contributed by atoms with Crippen LogP contribution in [0.2, 0.25) is 5.02 Å². The van der Waals surface area contributed by atoms with Crippen LogP contribution in [0.3, 0.4) is 0 Å². The molecule has 1 aromatic carbocycles. The molecule has 0 unspecified atom stereocenters. The van der Waals surface area contributed by atoms with Crippen LogP contribution in [0.1, 0.15) is 19.4 Å². The summed E-state index contributed by atoms with van der Waals surface area (Å²) in [7, 11) is 0. The van der Waals surface area contributed by atoms with Crippen molar-refractivity contribution in [3.05, 3.63) is 34.6 Å². The Balaban J connectivity index is 2.17. The lowest BCUT2D eigenvalue weighted by atomic mass is 9.95. The zero-order chi connectivity index (χ0) is 12.6. The van der Waals surface area contributed by atoms with Crippen LogP contribution >= 0.6 is 11.6 Å². The highest BCUT2D eigenvalue weighted by atomic mass is 35.5. The van der Waals surface area contributed by atoms with Gasteiger partial charge in [0.25, 0.3) is 5.91 Å². The summed E-state index contributed by atoms with van der Waals surface area (Å²) in [4.78, 5) is 17.2. The largest absolute Gasteiger partial charge is 0.272 e. The van der Waals surface area contributed by atoms with E-state index in [0.29, 0.717) is 17.2 Å². The fourth-order valence-electron chi connectivity index (χ4n) is 1.63. The van der Waals surface area contributed by atoms with Gasteiger partial charge in [0.1, 0.15) is 5.82 Å². The molecule has 2 rings (SSSR count). The first-order valence-corrected chi connectivity index (χ1v) is 5.67. The lowest BCUT2D eigenvalue weighted by Crippen LogP contribution is -2.30. The van der Waals surface area contributed by atoms with Gasteiger partial charge in [-0.2, -0.15) is 0 Å². The Morgan fingerprint density at radius 3 is 2.82 bits per heavy atom. The van der Waals surface area contributed by atoms with Gasteiger partial charge in [-0.3, -0.25) is 9.63 Å². The van der Waals surface area contributed by atoms with Crippen LogP contribution < -0.4 is 0 Å². The van der Waals surface area contributed by atoms with Crippen LogP contribution in [0.25, 0.3) is 0 Å². The van der Waals surface area contributed by atoms with E-state index in [2.05, 4.69) is 0 Å². The minimum atomic E-state index is -0.528. The SMILES string of the molecule is CC1(C)CON(Cc2cc(F)ccc2Cl)C1=O. The Hall–Kier alpha value is -1.13. The Morgan fingerprint density at radius 1 is 1.53 bits per heavy atom. The Morgan fingerprint density at radius 2 is 2.24 bits per heavy atom. The van der Waals surface area contributed by atoms with Gasteiger partial charge >= 0.3 is 0 Å². The highest BCUT2D eigenvalue weighted by molar-refractivity contribution is 6.31. The van der Waals surface area contributed by atoms with Crippen molar-refractivity contribution in [3.63, 3.8) is 0 Å². The number of halogens is 2. The van der Waals surface area contributed by atoms with Crippen molar-refractivity contribution in [1.82, 2.24) is 5.06 Å². The first-order valence-electron chi connectivity index (χ1n) is 5.29. The summed E-state index contributed by atoms with van der Waals surface area (Å²) < 4.78 is 13.1. The van der Waals surface area contributed by atoms with Crippen LogP contribution in [0.4, 0.5) is 4.39 Å². The molecule has 1 heterocycles. The van der Waals surface area contributed by atoms with Crippen molar-refractivity contribution in [2.45, 2.75) is 20.4 Å². The molecule has 1 fully saturated rings. The maximum atomic E-state index is 13.1. The van der Waals surface area contributed by atoms with Gasteiger partial charge in [-0.25, -0.2) is 9.45 Å². The average molecular weight is 258 g/mol. The molecule has 0 aliphatic carbocycles. The molecular formula is C12H13ClFNO2. The van der Waals surface area contributed by atoms with Gasteiger partial charge in [0.15, 0.2) is 0 Å². The molecule has 1 aliphatic heterocycles. The van der Waals surface area contributed by atoms with E-state index in [0.717, 1.165) is 0 Å². The standard InChI is InChI=1S/C12H13ClFNO2/c1-12(2)7-17-15(11(12)16)6-8-5-9(14)3-4-10(8)13/h3-5H,6-7H2,1-2H3. The maximum Gasteiger partial charge on any atom is 0.254 e. The summed E-state index contributed by atoms with van der Waals surface area (Å²) in [6, 6.07) is 4.06. The zero-order valence-electron chi connectivity index (χ0n) is 9.67. The molecule has 1 amide bonds.